The van der Waals surface area contributed by atoms with Gasteiger partial charge in [0.25, 0.3) is 0 Å². The van der Waals surface area contributed by atoms with E-state index in [2.05, 4.69) is 5.32 Å². The van der Waals surface area contributed by atoms with Gasteiger partial charge in [-0.3, -0.25) is 0 Å². The van der Waals surface area contributed by atoms with Crippen LogP contribution in [-0.4, -0.2) is 7.05 Å². The molecule has 0 amide bonds. The number of halogens is 1. The number of hydrogen-bond donors (Lipinski definition) is 1. The number of rotatable bonds is 3. The number of ether oxygens (including phenoxy) is 1. The Morgan fingerprint density at radius 1 is 1.06 bits per heavy atom. The zero-order chi connectivity index (χ0) is 11.4. The van der Waals surface area contributed by atoms with Gasteiger partial charge in [-0.15, -0.1) is 0 Å². The lowest BCUT2D eigenvalue weighted by Gasteiger charge is -2.08. The molecule has 0 aliphatic carbocycles. The lowest BCUT2D eigenvalue weighted by atomic mass is 10.3. The fourth-order valence-electron chi connectivity index (χ4n) is 1.35. The zero-order valence-electron chi connectivity index (χ0n) is 8.91. The van der Waals surface area contributed by atoms with Gasteiger partial charge in [0.05, 0.1) is 5.02 Å². The second-order valence-electron chi connectivity index (χ2n) is 3.31. The van der Waals surface area contributed by atoms with E-state index in [4.69, 9.17) is 16.3 Å². The monoisotopic (exact) mass is 233 g/mol. The van der Waals surface area contributed by atoms with Crippen molar-refractivity contribution in [3.8, 4) is 11.5 Å². The maximum absolute atomic E-state index is 6.09. The summed E-state index contributed by atoms with van der Waals surface area (Å²) in [5.41, 5.74) is 0.963. The molecule has 16 heavy (non-hydrogen) atoms. The van der Waals surface area contributed by atoms with Crippen molar-refractivity contribution in [2.45, 2.75) is 0 Å². The fourth-order valence-corrected chi connectivity index (χ4v) is 1.57. The van der Waals surface area contributed by atoms with Crippen LogP contribution in [0, 0.1) is 0 Å². The first-order chi connectivity index (χ1) is 7.79. The van der Waals surface area contributed by atoms with Gasteiger partial charge < -0.3 is 10.1 Å². The molecule has 2 nitrogen and oxygen atoms in total. The molecule has 0 aliphatic rings. The molecule has 0 atom stereocenters. The second-order valence-corrected chi connectivity index (χ2v) is 3.72. The molecule has 0 saturated carbocycles. The molecule has 0 fully saturated rings. The smallest absolute Gasteiger partial charge is 0.146 e. The Hall–Kier alpha value is -1.67. The molecule has 2 rings (SSSR count). The van der Waals surface area contributed by atoms with E-state index < -0.39 is 0 Å². The summed E-state index contributed by atoms with van der Waals surface area (Å²) in [7, 11) is 1.85. The Bertz CT molecular complexity index is 471. The first-order valence-corrected chi connectivity index (χ1v) is 5.37. The average Bonchev–Trinajstić information content (AvgIpc) is 2.33. The SMILES string of the molecule is CNc1ccc(Oc2ccccc2)c(Cl)c1. The van der Waals surface area contributed by atoms with Crippen LogP contribution in [0.15, 0.2) is 48.5 Å². The Kier molecular flexibility index (Phi) is 3.32. The Labute approximate surface area is 99.8 Å². The topological polar surface area (TPSA) is 21.3 Å². The van der Waals surface area contributed by atoms with Gasteiger partial charge in [-0.2, -0.15) is 0 Å². The molecule has 0 aromatic heterocycles. The highest BCUT2D eigenvalue weighted by Gasteiger charge is 2.03. The maximum Gasteiger partial charge on any atom is 0.146 e. The summed E-state index contributed by atoms with van der Waals surface area (Å²) in [6.07, 6.45) is 0. The van der Waals surface area contributed by atoms with Crippen LogP contribution in [0.3, 0.4) is 0 Å². The molecule has 2 aromatic rings. The van der Waals surface area contributed by atoms with Crippen LogP contribution >= 0.6 is 11.6 Å². The van der Waals surface area contributed by atoms with Gasteiger partial charge in [-0.25, -0.2) is 0 Å². The standard InChI is InChI=1S/C13H12ClNO/c1-15-10-7-8-13(12(14)9-10)16-11-5-3-2-4-6-11/h2-9,15H,1H3. The highest BCUT2D eigenvalue weighted by molar-refractivity contribution is 6.32. The molecule has 0 heterocycles. The quantitative estimate of drug-likeness (QED) is 0.859. The lowest BCUT2D eigenvalue weighted by Crippen LogP contribution is -1.89. The third kappa shape index (κ3) is 2.47. The van der Waals surface area contributed by atoms with E-state index in [1.165, 1.54) is 0 Å². The van der Waals surface area contributed by atoms with Crippen LogP contribution < -0.4 is 10.1 Å². The van der Waals surface area contributed by atoms with Gasteiger partial charge in [0.15, 0.2) is 0 Å². The summed E-state index contributed by atoms with van der Waals surface area (Å²) >= 11 is 6.09. The Morgan fingerprint density at radius 3 is 2.44 bits per heavy atom. The largest absolute Gasteiger partial charge is 0.456 e. The van der Waals surface area contributed by atoms with E-state index in [0.29, 0.717) is 10.8 Å². The summed E-state index contributed by atoms with van der Waals surface area (Å²) in [5, 5.41) is 3.61. The predicted octanol–water partition coefficient (Wildman–Crippen LogP) is 4.17. The molecule has 0 spiro atoms. The number of para-hydroxylation sites is 1. The number of benzene rings is 2. The predicted molar refractivity (Wildman–Crippen MR) is 67.5 cm³/mol. The Balaban J connectivity index is 2.22. The van der Waals surface area contributed by atoms with Crippen LogP contribution in [0.25, 0.3) is 0 Å². The van der Waals surface area contributed by atoms with Gasteiger partial charge in [0.2, 0.25) is 0 Å². The van der Waals surface area contributed by atoms with Crippen molar-refractivity contribution in [2.24, 2.45) is 0 Å². The molecule has 82 valence electrons. The van der Waals surface area contributed by atoms with Crippen molar-refractivity contribution >= 4 is 17.3 Å². The van der Waals surface area contributed by atoms with E-state index in [-0.39, 0.29) is 0 Å². The van der Waals surface area contributed by atoms with Crippen LogP contribution in [0.4, 0.5) is 5.69 Å². The summed E-state index contributed by atoms with van der Waals surface area (Å²) in [6.45, 7) is 0. The minimum Gasteiger partial charge on any atom is -0.456 e. The normalized spacial score (nSPS) is 9.88. The van der Waals surface area contributed by atoms with E-state index in [0.717, 1.165) is 11.4 Å². The molecular weight excluding hydrogens is 222 g/mol. The zero-order valence-corrected chi connectivity index (χ0v) is 9.66. The van der Waals surface area contributed by atoms with Crippen molar-refractivity contribution in [1.29, 1.82) is 0 Å². The summed E-state index contributed by atoms with van der Waals surface area (Å²) in [5.74, 6) is 1.44. The summed E-state index contributed by atoms with van der Waals surface area (Å²) in [4.78, 5) is 0. The van der Waals surface area contributed by atoms with Crippen LogP contribution in [0.1, 0.15) is 0 Å². The molecule has 0 radical (unpaired) electrons. The number of anilines is 1. The van der Waals surface area contributed by atoms with Gasteiger partial charge in [-0.05, 0) is 30.3 Å². The highest BCUT2D eigenvalue weighted by Crippen LogP contribution is 2.31. The molecule has 0 aliphatic heterocycles. The van der Waals surface area contributed by atoms with Gasteiger partial charge in [0.1, 0.15) is 11.5 Å². The van der Waals surface area contributed by atoms with Gasteiger partial charge in [-0.1, -0.05) is 29.8 Å². The van der Waals surface area contributed by atoms with E-state index in [1.54, 1.807) is 0 Å². The number of nitrogens with one attached hydrogen (secondary N) is 1. The van der Waals surface area contributed by atoms with Crippen molar-refractivity contribution in [2.75, 3.05) is 12.4 Å². The molecular formula is C13H12ClNO. The third-order valence-corrected chi connectivity index (χ3v) is 2.49. The van der Waals surface area contributed by atoms with Crippen molar-refractivity contribution < 1.29 is 4.74 Å². The van der Waals surface area contributed by atoms with Gasteiger partial charge in [0, 0.05) is 12.7 Å². The highest BCUT2D eigenvalue weighted by atomic mass is 35.5. The molecule has 2 aromatic carbocycles. The van der Waals surface area contributed by atoms with Crippen molar-refractivity contribution in [3.05, 3.63) is 53.6 Å². The van der Waals surface area contributed by atoms with Crippen molar-refractivity contribution in [1.82, 2.24) is 0 Å². The maximum atomic E-state index is 6.09. The first-order valence-electron chi connectivity index (χ1n) is 5.00. The molecule has 0 saturated heterocycles. The van der Waals surface area contributed by atoms with Crippen molar-refractivity contribution in [3.63, 3.8) is 0 Å². The van der Waals surface area contributed by atoms with Crippen LogP contribution in [-0.2, 0) is 0 Å². The Morgan fingerprint density at radius 2 is 1.81 bits per heavy atom. The first kappa shape index (κ1) is 10.8. The molecule has 0 unspecified atom stereocenters. The van der Waals surface area contributed by atoms with Crippen LogP contribution in [0.2, 0.25) is 5.02 Å². The third-order valence-electron chi connectivity index (χ3n) is 2.19. The summed E-state index contributed by atoms with van der Waals surface area (Å²) < 4.78 is 5.65. The number of hydrogen-bond acceptors (Lipinski definition) is 2. The minimum atomic E-state index is 0.593. The minimum absolute atomic E-state index is 0.593. The summed E-state index contributed by atoms with van der Waals surface area (Å²) in [6, 6.07) is 15.2. The van der Waals surface area contributed by atoms with E-state index in [9.17, 15) is 0 Å². The second kappa shape index (κ2) is 4.90. The molecule has 1 N–H and O–H groups in total. The van der Waals surface area contributed by atoms with E-state index in [1.807, 2.05) is 55.6 Å². The lowest BCUT2D eigenvalue weighted by molar-refractivity contribution is 0.483. The molecule has 3 heteroatoms. The molecule has 0 bridgehead atoms. The average molecular weight is 234 g/mol. The van der Waals surface area contributed by atoms with Crippen LogP contribution in [0.5, 0.6) is 11.5 Å². The van der Waals surface area contributed by atoms with E-state index >= 15 is 0 Å². The fraction of sp³-hybridized carbons (Fsp3) is 0.0769. The van der Waals surface area contributed by atoms with Gasteiger partial charge >= 0.3 is 0 Å².